The van der Waals surface area contributed by atoms with E-state index in [0.717, 1.165) is 54.3 Å². The van der Waals surface area contributed by atoms with Gasteiger partial charge in [-0.05, 0) is 60.3 Å². The fourth-order valence-corrected chi connectivity index (χ4v) is 4.03. The number of aliphatic hydroxyl groups is 1. The highest BCUT2D eigenvalue weighted by Crippen LogP contribution is 2.28. The highest BCUT2D eigenvalue weighted by Gasteiger charge is 2.21. The minimum Gasteiger partial charge on any atom is -0.392 e. The van der Waals surface area contributed by atoms with E-state index in [1.807, 2.05) is 18.5 Å². The summed E-state index contributed by atoms with van der Waals surface area (Å²) in [4.78, 5) is 4.40. The van der Waals surface area contributed by atoms with Gasteiger partial charge in [0.05, 0.1) is 23.5 Å². The molecule has 0 spiro atoms. The summed E-state index contributed by atoms with van der Waals surface area (Å²) in [5.41, 5.74) is 1.99. The van der Waals surface area contributed by atoms with Crippen LogP contribution in [0, 0.1) is 0 Å². The topological polar surface area (TPSA) is 50.1 Å². The number of halogens is 4. The van der Waals surface area contributed by atoms with E-state index in [9.17, 15) is 5.11 Å². The zero-order chi connectivity index (χ0) is 14.8. The number of aryl methyl sites for hydroxylation is 1. The Balaban J connectivity index is 0.00000132. The van der Waals surface area contributed by atoms with Gasteiger partial charge in [0, 0.05) is 22.1 Å². The van der Waals surface area contributed by atoms with Crippen LogP contribution < -0.4 is 5.32 Å². The third-order valence-corrected chi connectivity index (χ3v) is 4.92. The molecule has 130 valence electrons. The number of aliphatic hydroxyl groups excluding tert-OH is 1. The molecule has 2 aromatic rings. The molecule has 0 unspecified atom stereocenters. The van der Waals surface area contributed by atoms with Crippen LogP contribution >= 0.6 is 52.3 Å². The fraction of sp³-hybridized carbons (Fsp3) is 0.533. The molecule has 2 N–H and O–H groups in total. The predicted molar refractivity (Wildman–Crippen MR) is 103 cm³/mol. The molecule has 1 aromatic heterocycles. The van der Waals surface area contributed by atoms with Gasteiger partial charge >= 0.3 is 0 Å². The zero-order valence-electron chi connectivity index (χ0n) is 12.5. The van der Waals surface area contributed by atoms with Gasteiger partial charge in [-0.15, -0.1) is 24.8 Å². The molecule has 4 nitrogen and oxygen atoms in total. The summed E-state index contributed by atoms with van der Waals surface area (Å²) in [6.45, 7) is 1.90. The molecule has 2 heterocycles. The molecule has 2 atom stereocenters. The maximum atomic E-state index is 9.97. The first kappa shape index (κ1) is 21.0. The summed E-state index contributed by atoms with van der Waals surface area (Å²) in [5, 5.41) is 14.1. The van der Waals surface area contributed by atoms with E-state index < -0.39 is 0 Å². The van der Waals surface area contributed by atoms with Crippen LogP contribution in [0.5, 0.6) is 0 Å². The Morgan fingerprint density at radius 1 is 1.39 bits per heavy atom. The Morgan fingerprint density at radius 3 is 2.91 bits per heavy atom. The first-order valence-corrected chi connectivity index (χ1v) is 8.53. The van der Waals surface area contributed by atoms with Gasteiger partial charge in [0.2, 0.25) is 0 Å². The van der Waals surface area contributed by atoms with Crippen molar-refractivity contribution in [1.29, 1.82) is 0 Å². The Morgan fingerprint density at radius 2 is 2.17 bits per heavy atom. The average molecular weight is 446 g/mol. The lowest BCUT2D eigenvalue weighted by molar-refractivity contribution is 0.0909. The number of fused-ring (bicyclic) bond motifs is 1. The normalized spacial score (nSPS) is 20.8. The van der Waals surface area contributed by atoms with Gasteiger partial charge in [-0.2, -0.15) is 0 Å². The largest absolute Gasteiger partial charge is 0.392 e. The van der Waals surface area contributed by atoms with E-state index in [1.165, 1.54) is 0 Å². The van der Waals surface area contributed by atoms with Crippen LogP contribution in [0.25, 0.3) is 11.0 Å². The highest BCUT2D eigenvalue weighted by molar-refractivity contribution is 9.10. The van der Waals surface area contributed by atoms with Crippen LogP contribution in [0.3, 0.4) is 0 Å². The molecule has 0 bridgehead atoms. The quantitative estimate of drug-likeness (QED) is 0.742. The van der Waals surface area contributed by atoms with Gasteiger partial charge in [-0.1, -0.05) is 11.6 Å². The van der Waals surface area contributed by atoms with Crippen molar-refractivity contribution >= 4 is 63.4 Å². The van der Waals surface area contributed by atoms with Crippen molar-refractivity contribution in [2.75, 3.05) is 6.54 Å². The SMILES string of the molecule is Cl.Cl.O[C@H]1CCCN[C@@H]1CCCn1cnc2cc(Cl)cc(Br)c21. The fourth-order valence-electron chi connectivity index (χ4n) is 3.01. The summed E-state index contributed by atoms with van der Waals surface area (Å²) >= 11 is 9.60. The maximum absolute atomic E-state index is 9.97. The van der Waals surface area contributed by atoms with Crippen molar-refractivity contribution in [2.24, 2.45) is 0 Å². The van der Waals surface area contributed by atoms with Crippen molar-refractivity contribution in [1.82, 2.24) is 14.9 Å². The van der Waals surface area contributed by atoms with Crippen LogP contribution in [0.2, 0.25) is 5.02 Å². The van der Waals surface area contributed by atoms with Gasteiger partial charge in [0.1, 0.15) is 0 Å². The van der Waals surface area contributed by atoms with Crippen LogP contribution in [-0.2, 0) is 6.54 Å². The van der Waals surface area contributed by atoms with E-state index in [1.54, 1.807) is 0 Å². The monoisotopic (exact) mass is 443 g/mol. The molecule has 1 aliphatic heterocycles. The molecular formula is C15H21BrCl3N3O. The number of imidazole rings is 1. The molecule has 0 saturated carbocycles. The minimum atomic E-state index is -0.205. The van der Waals surface area contributed by atoms with Crippen molar-refractivity contribution < 1.29 is 5.11 Å². The van der Waals surface area contributed by atoms with Gasteiger partial charge in [-0.25, -0.2) is 4.98 Å². The number of nitrogens with zero attached hydrogens (tertiary/aromatic N) is 2. The van der Waals surface area contributed by atoms with E-state index >= 15 is 0 Å². The molecule has 0 radical (unpaired) electrons. The van der Waals surface area contributed by atoms with Crippen LogP contribution in [0.15, 0.2) is 22.9 Å². The second-order valence-corrected chi connectivity index (χ2v) is 6.90. The molecule has 1 fully saturated rings. The molecule has 1 aromatic carbocycles. The number of aromatic nitrogens is 2. The lowest BCUT2D eigenvalue weighted by Crippen LogP contribution is -2.44. The number of piperidine rings is 1. The predicted octanol–water partition coefficient (Wildman–Crippen LogP) is 4.19. The van der Waals surface area contributed by atoms with E-state index in [2.05, 4.69) is 30.8 Å². The first-order valence-electron chi connectivity index (χ1n) is 7.36. The van der Waals surface area contributed by atoms with E-state index in [0.29, 0.717) is 5.02 Å². The Kier molecular flexibility index (Phi) is 8.63. The van der Waals surface area contributed by atoms with Crippen LogP contribution in [0.1, 0.15) is 25.7 Å². The van der Waals surface area contributed by atoms with Crippen molar-refractivity contribution in [3.63, 3.8) is 0 Å². The number of nitrogens with one attached hydrogen (secondary N) is 1. The van der Waals surface area contributed by atoms with Gasteiger partial charge in [-0.3, -0.25) is 0 Å². The molecule has 1 saturated heterocycles. The lowest BCUT2D eigenvalue weighted by atomic mass is 9.97. The van der Waals surface area contributed by atoms with Crippen LogP contribution in [-0.4, -0.2) is 33.3 Å². The summed E-state index contributed by atoms with van der Waals surface area (Å²) in [5.74, 6) is 0. The zero-order valence-corrected chi connectivity index (χ0v) is 16.5. The maximum Gasteiger partial charge on any atom is 0.0958 e. The third kappa shape index (κ3) is 4.97. The smallest absolute Gasteiger partial charge is 0.0958 e. The van der Waals surface area contributed by atoms with Crippen molar-refractivity contribution in [2.45, 2.75) is 44.4 Å². The average Bonchev–Trinajstić information content (AvgIpc) is 2.84. The van der Waals surface area contributed by atoms with Gasteiger partial charge < -0.3 is 15.0 Å². The lowest BCUT2D eigenvalue weighted by Gasteiger charge is -2.29. The Bertz CT molecular complexity index is 638. The number of hydrogen-bond donors (Lipinski definition) is 2. The summed E-state index contributed by atoms with van der Waals surface area (Å²) in [7, 11) is 0. The summed E-state index contributed by atoms with van der Waals surface area (Å²) in [6.07, 6.45) is 5.62. The molecular weight excluding hydrogens is 424 g/mol. The second-order valence-electron chi connectivity index (χ2n) is 5.61. The molecule has 1 aliphatic rings. The molecule has 0 aliphatic carbocycles. The van der Waals surface area contributed by atoms with Crippen molar-refractivity contribution in [3.8, 4) is 0 Å². The Labute approximate surface area is 161 Å². The van der Waals surface area contributed by atoms with Gasteiger partial charge in [0.25, 0.3) is 0 Å². The highest BCUT2D eigenvalue weighted by atomic mass is 79.9. The van der Waals surface area contributed by atoms with Gasteiger partial charge in [0.15, 0.2) is 0 Å². The molecule has 8 heteroatoms. The first-order chi connectivity index (χ1) is 10.1. The Hall–Kier alpha value is -0.0400. The number of hydrogen-bond acceptors (Lipinski definition) is 3. The number of rotatable bonds is 4. The molecule has 3 rings (SSSR count). The van der Waals surface area contributed by atoms with E-state index in [4.69, 9.17) is 11.6 Å². The second kappa shape index (κ2) is 9.44. The summed E-state index contributed by atoms with van der Waals surface area (Å²) < 4.78 is 3.11. The standard InChI is InChI=1S/C15H19BrClN3O.2ClH/c16-11-7-10(17)8-13-15(11)20(9-19-13)6-2-3-12-14(21)4-1-5-18-12;;/h7-9,12,14,18,21H,1-6H2;2*1H/t12-,14+;;/m1../s1. The van der Waals surface area contributed by atoms with Crippen LogP contribution in [0.4, 0.5) is 0 Å². The van der Waals surface area contributed by atoms with Crippen molar-refractivity contribution in [3.05, 3.63) is 28.0 Å². The van der Waals surface area contributed by atoms with E-state index in [-0.39, 0.29) is 37.0 Å². The summed E-state index contributed by atoms with van der Waals surface area (Å²) in [6, 6.07) is 4.01. The number of benzene rings is 1. The molecule has 23 heavy (non-hydrogen) atoms. The molecule has 0 amide bonds. The minimum absolute atomic E-state index is 0. The third-order valence-electron chi connectivity index (χ3n) is 4.09.